The van der Waals surface area contributed by atoms with Crippen LogP contribution in [0.5, 0.6) is 0 Å². The van der Waals surface area contributed by atoms with Crippen LogP contribution in [0.4, 0.5) is 5.69 Å². The van der Waals surface area contributed by atoms with Gasteiger partial charge in [0, 0.05) is 12.1 Å². The summed E-state index contributed by atoms with van der Waals surface area (Å²) in [6.07, 6.45) is 4.37. The van der Waals surface area contributed by atoms with Crippen molar-refractivity contribution in [1.29, 1.82) is 0 Å². The van der Waals surface area contributed by atoms with Crippen LogP contribution in [0, 0.1) is 27.9 Å². The number of nitrogens with zero attached hydrogens (tertiary/aromatic N) is 2. The van der Waals surface area contributed by atoms with E-state index in [0.717, 1.165) is 19.3 Å². The third-order valence-corrected chi connectivity index (χ3v) is 13.4. The second kappa shape index (κ2) is 13.3. The number of likely N-dealkylation sites (tertiary alicyclic amines) is 1. The predicted octanol–water partition coefficient (Wildman–Crippen LogP) is 5.41. The second-order valence-electron chi connectivity index (χ2n) is 12.6. The van der Waals surface area contributed by atoms with E-state index in [1.165, 1.54) is 35.2 Å². The van der Waals surface area contributed by atoms with E-state index in [-0.39, 0.29) is 66.3 Å². The number of amides is 1. The Balaban J connectivity index is 1.80. The van der Waals surface area contributed by atoms with E-state index in [1.807, 2.05) is 6.92 Å². The lowest BCUT2D eigenvalue weighted by Gasteiger charge is -2.55. The van der Waals surface area contributed by atoms with Crippen molar-refractivity contribution in [2.75, 3.05) is 13.2 Å². The normalized spacial score (nSPS) is 23.8. The maximum Gasteiger partial charge on any atom is 0.325 e. The van der Waals surface area contributed by atoms with Crippen molar-refractivity contribution in [2.45, 2.75) is 90.3 Å². The van der Waals surface area contributed by atoms with E-state index in [1.54, 1.807) is 0 Å². The Morgan fingerprint density at radius 1 is 1.17 bits per heavy atom. The lowest BCUT2D eigenvalue weighted by Crippen LogP contribution is -2.70. The zero-order valence-corrected chi connectivity index (χ0v) is 26.1. The molecular formula is C30H44N2O8Si. The van der Waals surface area contributed by atoms with Crippen molar-refractivity contribution >= 4 is 31.9 Å². The summed E-state index contributed by atoms with van der Waals surface area (Å²) in [5.74, 6) is -2.10. The molecule has 1 saturated heterocycles. The van der Waals surface area contributed by atoms with Crippen LogP contribution in [0.3, 0.4) is 0 Å². The molecule has 10 nitrogen and oxygen atoms in total. The summed E-state index contributed by atoms with van der Waals surface area (Å²) in [4.78, 5) is 51.5. The SMILES string of the molecule is C=CCOC(=O)C1CCCCC1[C@H]1[C@@H]([C@@H](C)O[Si](C)(C)C(C)(C)C)C(=O)N1CC(=O)OCc1ccc([N+](=O)[O-])cc1. The molecule has 226 valence electrons. The fourth-order valence-corrected chi connectivity index (χ4v) is 7.07. The largest absolute Gasteiger partial charge is 0.461 e. The van der Waals surface area contributed by atoms with Crippen LogP contribution in [0.2, 0.25) is 18.1 Å². The average Bonchev–Trinajstić information content (AvgIpc) is 2.91. The first kappa shape index (κ1) is 32.5. The topological polar surface area (TPSA) is 125 Å². The van der Waals surface area contributed by atoms with Crippen LogP contribution in [0.15, 0.2) is 36.9 Å². The molecule has 0 bridgehead atoms. The van der Waals surface area contributed by atoms with E-state index in [2.05, 4.69) is 40.4 Å². The summed E-state index contributed by atoms with van der Waals surface area (Å²) in [5, 5.41) is 10.8. The number of nitro groups is 1. The summed E-state index contributed by atoms with van der Waals surface area (Å²) in [7, 11) is -2.20. The van der Waals surface area contributed by atoms with E-state index in [0.29, 0.717) is 12.0 Å². The molecular weight excluding hydrogens is 544 g/mol. The van der Waals surface area contributed by atoms with Crippen LogP contribution in [0.1, 0.15) is 58.9 Å². The Hall–Kier alpha value is -3.05. The van der Waals surface area contributed by atoms with Gasteiger partial charge in [0.15, 0.2) is 8.32 Å². The van der Waals surface area contributed by atoms with Crippen LogP contribution in [-0.2, 0) is 34.9 Å². The summed E-state index contributed by atoms with van der Waals surface area (Å²) >= 11 is 0. The first-order valence-corrected chi connectivity index (χ1v) is 17.2. The highest BCUT2D eigenvalue weighted by Crippen LogP contribution is 2.46. The maximum atomic E-state index is 13.6. The molecule has 3 rings (SSSR count). The third kappa shape index (κ3) is 7.62. The Morgan fingerprint density at radius 3 is 2.39 bits per heavy atom. The van der Waals surface area contributed by atoms with Crippen molar-refractivity contribution in [1.82, 2.24) is 4.90 Å². The predicted molar refractivity (Wildman–Crippen MR) is 156 cm³/mol. The fourth-order valence-electron chi connectivity index (χ4n) is 5.64. The molecule has 1 aromatic rings. The summed E-state index contributed by atoms with van der Waals surface area (Å²) in [6, 6.07) is 5.39. The number of carbonyl (C=O) groups excluding carboxylic acids is 3. The molecule has 41 heavy (non-hydrogen) atoms. The molecule has 5 atom stereocenters. The van der Waals surface area contributed by atoms with E-state index in [4.69, 9.17) is 13.9 Å². The van der Waals surface area contributed by atoms with Gasteiger partial charge in [-0.15, -0.1) is 0 Å². The number of ether oxygens (including phenoxy) is 2. The smallest absolute Gasteiger partial charge is 0.325 e. The number of carbonyl (C=O) groups is 3. The van der Waals surface area contributed by atoms with Crippen LogP contribution >= 0.6 is 0 Å². The molecule has 1 amide bonds. The Morgan fingerprint density at radius 2 is 1.80 bits per heavy atom. The highest BCUT2D eigenvalue weighted by Gasteiger charge is 2.57. The number of nitro benzene ring substituents is 1. The van der Waals surface area contributed by atoms with E-state index >= 15 is 0 Å². The lowest BCUT2D eigenvalue weighted by atomic mass is 9.66. The molecule has 1 aliphatic carbocycles. The van der Waals surface area contributed by atoms with Crippen LogP contribution in [0.25, 0.3) is 0 Å². The lowest BCUT2D eigenvalue weighted by molar-refractivity contribution is -0.384. The summed E-state index contributed by atoms with van der Waals surface area (Å²) < 4.78 is 17.5. The Kier molecular flexibility index (Phi) is 10.5. The molecule has 1 heterocycles. The number of hydrogen-bond acceptors (Lipinski definition) is 8. The van der Waals surface area contributed by atoms with Crippen molar-refractivity contribution in [3.8, 4) is 0 Å². The molecule has 2 aliphatic rings. The van der Waals surface area contributed by atoms with Gasteiger partial charge >= 0.3 is 11.9 Å². The number of hydrogen-bond donors (Lipinski definition) is 0. The minimum absolute atomic E-state index is 0.0488. The quantitative estimate of drug-likeness (QED) is 0.0792. The van der Waals surface area contributed by atoms with Crippen molar-refractivity contribution < 1.29 is 33.2 Å². The van der Waals surface area contributed by atoms with Gasteiger partial charge in [0.05, 0.1) is 28.9 Å². The molecule has 11 heteroatoms. The molecule has 0 radical (unpaired) electrons. The molecule has 0 aromatic heterocycles. The van der Waals surface area contributed by atoms with Gasteiger partial charge in [0.1, 0.15) is 19.8 Å². The summed E-state index contributed by atoms with van der Waals surface area (Å²) in [6.45, 7) is 16.1. The van der Waals surface area contributed by atoms with Gasteiger partial charge in [0.2, 0.25) is 5.91 Å². The zero-order chi connectivity index (χ0) is 30.5. The van der Waals surface area contributed by atoms with Crippen molar-refractivity contribution in [3.05, 3.63) is 52.6 Å². The number of non-ortho nitro benzene ring substituents is 1. The molecule has 0 N–H and O–H groups in total. The molecule has 0 spiro atoms. The first-order chi connectivity index (χ1) is 19.2. The fraction of sp³-hybridized carbons (Fsp3) is 0.633. The van der Waals surface area contributed by atoms with Crippen molar-refractivity contribution in [3.63, 3.8) is 0 Å². The summed E-state index contributed by atoms with van der Waals surface area (Å²) in [5.41, 5.74) is 0.546. The zero-order valence-electron chi connectivity index (χ0n) is 25.1. The Labute approximate surface area is 243 Å². The third-order valence-electron chi connectivity index (χ3n) is 8.84. The highest BCUT2D eigenvalue weighted by atomic mass is 28.4. The number of esters is 2. The first-order valence-electron chi connectivity index (χ1n) is 14.3. The molecule has 1 aromatic carbocycles. The minimum atomic E-state index is -2.20. The minimum Gasteiger partial charge on any atom is -0.461 e. The molecule has 2 fully saturated rings. The monoisotopic (exact) mass is 588 g/mol. The van der Waals surface area contributed by atoms with E-state index < -0.39 is 25.1 Å². The number of benzene rings is 1. The molecule has 1 saturated carbocycles. The standard InChI is InChI=1S/C30H44N2O8Si/c1-8-17-38-29(35)24-12-10-9-11-23(24)27-26(20(2)40-41(6,7)30(3,4)5)28(34)31(27)18-25(33)39-19-21-13-15-22(16-14-21)32(36)37/h8,13-16,20,23-24,26-27H,1,9-12,17-19H2,2-7H3/t20-,23?,24?,26-,27+/m1/s1. The van der Waals surface area contributed by atoms with Gasteiger partial charge in [-0.2, -0.15) is 0 Å². The van der Waals surface area contributed by atoms with Gasteiger partial charge in [-0.1, -0.05) is 46.3 Å². The van der Waals surface area contributed by atoms with Gasteiger partial charge < -0.3 is 18.8 Å². The molecule has 2 unspecified atom stereocenters. The number of rotatable bonds is 12. The molecule has 1 aliphatic heterocycles. The van der Waals surface area contributed by atoms with Crippen LogP contribution in [-0.4, -0.2) is 61.3 Å². The van der Waals surface area contributed by atoms with Gasteiger partial charge in [-0.25, -0.2) is 0 Å². The second-order valence-corrected chi connectivity index (χ2v) is 17.4. The highest BCUT2D eigenvalue weighted by molar-refractivity contribution is 6.74. The van der Waals surface area contributed by atoms with E-state index in [9.17, 15) is 24.5 Å². The van der Waals surface area contributed by atoms with Gasteiger partial charge in [0.25, 0.3) is 5.69 Å². The van der Waals surface area contributed by atoms with Gasteiger partial charge in [-0.3, -0.25) is 24.5 Å². The average molecular weight is 589 g/mol. The maximum absolute atomic E-state index is 13.6. The van der Waals surface area contributed by atoms with Gasteiger partial charge in [-0.05, 0) is 61.5 Å². The number of β-lactam (4-membered cyclic amide) rings is 1. The van der Waals surface area contributed by atoms with Crippen molar-refractivity contribution in [2.24, 2.45) is 17.8 Å². The van der Waals surface area contributed by atoms with Crippen LogP contribution < -0.4 is 0 Å². The Bertz CT molecular complexity index is 1130.